The molecule has 0 atom stereocenters. The second-order valence-electron chi connectivity index (χ2n) is 5.39. The molecule has 0 saturated heterocycles. The first kappa shape index (κ1) is 12.5. The molecule has 3 N–H and O–H groups in total. The molecule has 0 aromatic carbocycles. The van der Waals surface area contributed by atoms with Crippen LogP contribution in [-0.2, 0) is 4.79 Å². The highest BCUT2D eigenvalue weighted by atomic mass is 32.1. The molecule has 1 aliphatic carbocycles. The van der Waals surface area contributed by atoms with Crippen LogP contribution < -0.4 is 11.1 Å². The smallest absolute Gasteiger partial charge is 0.226 e. The van der Waals surface area contributed by atoms with Gasteiger partial charge in [0.1, 0.15) is 0 Å². The highest BCUT2D eigenvalue weighted by Gasteiger charge is 2.26. The van der Waals surface area contributed by atoms with Crippen LogP contribution in [0.1, 0.15) is 51.1 Å². The lowest BCUT2D eigenvalue weighted by Gasteiger charge is -2.17. The van der Waals surface area contributed by atoms with E-state index in [1.54, 1.807) is 0 Å². The van der Waals surface area contributed by atoms with E-state index in [4.69, 9.17) is 5.73 Å². The van der Waals surface area contributed by atoms with Gasteiger partial charge in [0.05, 0.1) is 5.69 Å². The molecule has 1 aromatic rings. The fourth-order valence-electron chi connectivity index (χ4n) is 1.53. The lowest BCUT2D eigenvalue weighted by atomic mass is 10.00. The average molecular weight is 253 g/mol. The van der Waals surface area contributed by atoms with Crippen LogP contribution in [-0.4, -0.2) is 16.4 Å². The van der Waals surface area contributed by atoms with Crippen molar-refractivity contribution >= 4 is 22.4 Å². The van der Waals surface area contributed by atoms with Crippen molar-refractivity contribution in [2.24, 2.45) is 5.73 Å². The fraction of sp³-hybridized carbons (Fsp3) is 0.667. The Kier molecular flexibility index (Phi) is 3.49. The van der Waals surface area contributed by atoms with Gasteiger partial charge in [-0.3, -0.25) is 4.79 Å². The van der Waals surface area contributed by atoms with Crippen LogP contribution in [0.2, 0.25) is 0 Å². The highest BCUT2D eigenvalue weighted by molar-refractivity contribution is 7.13. The molecule has 0 bridgehead atoms. The normalized spacial score (nSPS) is 15.9. The molecule has 94 valence electrons. The van der Waals surface area contributed by atoms with Crippen molar-refractivity contribution in [2.45, 2.75) is 51.0 Å². The summed E-state index contributed by atoms with van der Waals surface area (Å²) in [6.45, 7) is 3.85. The monoisotopic (exact) mass is 253 g/mol. The number of carbonyl (C=O) groups excluding carboxylic acids is 1. The third-order valence-corrected chi connectivity index (χ3v) is 3.54. The third kappa shape index (κ3) is 4.09. The Bertz CT molecular complexity index is 404. The summed E-state index contributed by atoms with van der Waals surface area (Å²) in [5, 5.41) is 5.59. The molecule has 2 rings (SSSR count). The maximum atomic E-state index is 11.7. The van der Waals surface area contributed by atoms with E-state index >= 15 is 0 Å². The van der Waals surface area contributed by atoms with E-state index in [1.165, 1.54) is 24.2 Å². The molecule has 1 aromatic heterocycles. The number of thiazole rings is 1. The minimum Gasteiger partial charge on any atom is -0.326 e. The SMILES string of the molecule is CC(C)(N)CCC(=O)Nc1nc(C2CC2)cs1. The number of hydrogen-bond donors (Lipinski definition) is 2. The van der Waals surface area contributed by atoms with E-state index in [9.17, 15) is 4.79 Å². The number of rotatable bonds is 5. The van der Waals surface area contributed by atoms with Gasteiger partial charge in [-0.05, 0) is 33.1 Å². The van der Waals surface area contributed by atoms with Crippen LogP contribution in [0, 0.1) is 0 Å². The number of anilines is 1. The Hall–Kier alpha value is -0.940. The van der Waals surface area contributed by atoms with Crippen molar-refractivity contribution in [1.29, 1.82) is 0 Å². The second-order valence-corrected chi connectivity index (χ2v) is 6.25. The molecule has 1 heterocycles. The van der Waals surface area contributed by atoms with Gasteiger partial charge >= 0.3 is 0 Å². The Balaban J connectivity index is 1.80. The van der Waals surface area contributed by atoms with E-state index < -0.39 is 0 Å². The zero-order valence-electron chi connectivity index (χ0n) is 10.3. The Morgan fingerprint density at radius 3 is 2.94 bits per heavy atom. The van der Waals surface area contributed by atoms with Crippen LogP contribution >= 0.6 is 11.3 Å². The molecule has 4 nitrogen and oxygen atoms in total. The van der Waals surface area contributed by atoms with Gasteiger partial charge in [0.15, 0.2) is 5.13 Å². The van der Waals surface area contributed by atoms with Crippen LogP contribution in [0.15, 0.2) is 5.38 Å². The molecule has 1 fully saturated rings. The third-order valence-electron chi connectivity index (χ3n) is 2.76. The molecule has 1 saturated carbocycles. The van der Waals surface area contributed by atoms with Gasteiger partial charge in [0.25, 0.3) is 0 Å². The van der Waals surface area contributed by atoms with Gasteiger partial charge in [-0.25, -0.2) is 4.98 Å². The highest BCUT2D eigenvalue weighted by Crippen LogP contribution is 2.40. The van der Waals surface area contributed by atoms with Gasteiger partial charge in [-0.2, -0.15) is 0 Å². The van der Waals surface area contributed by atoms with Crippen LogP contribution in [0.25, 0.3) is 0 Å². The first-order valence-electron chi connectivity index (χ1n) is 5.98. The van der Waals surface area contributed by atoms with E-state index in [0.717, 1.165) is 5.69 Å². The quantitative estimate of drug-likeness (QED) is 0.847. The van der Waals surface area contributed by atoms with Gasteiger partial charge in [0.2, 0.25) is 5.91 Å². The molecule has 0 spiro atoms. The molecular weight excluding hydrogens is 234 g/mol. The summed E-state index contributed by atoms with van der Waals surface area (Å²) in [5.74, 6) is 0.639. The molecule has 0 aliphatic heterocycles. The molecule has 5 heteroatoms. The molecular formula is C12H19N3OS. The first-order chi connectivity index (χ1) is 7.94. The topological polar surface area (TPSA) is 68.0 Å². The summed E-state index contributed by atoms with van der Waals surface area (Å²) in [4.78, 5) is 16.1. The molecule has 17 heavy (non-hydrogen) atoms. The van der Waals surface area contributed by atoms with Gasteiger partial charge < -0.3 is 11.1 Å². The zero-order chi connectivity index (χ0) is 12.5. The second kappa shape index (κ2) is 4.74. The predicted octanol–water partition coefficient (Wildman–Crippen LogP) is 2.48. The van der Waals surface area contributed by atoms with Crippen molar-refractivity contribution < 1.29 is 4.79 Å². The summed E-state index contributed by atoms with van der Waals surface area (Å²) in [5.41, 5.74) is 6.67. The molecule has 1 amide bonds. The summed E-state index contributed by atoms with van der Waals surface area (Å²) < 4.78 is 0. The van der Waals surface area contributed by atoms with E-state index in [2.05, 4.69) is 10.3 Å². The minimum absolute atomic E-state index is 0.000205. The summed E-state index contributed by atoms with van der Waals surface area (Å²) in [7, 11) is 0. The Morgan fingerprint density at radius 2 is 2.35 bits per heavy atom. The van der Waals surface area contributed by atoms with Crippen molar-refractivity contribution in [3.05, 3.63) is 11.1 Å². The van der Waals surface area contributed by atoms with Crippen LogP contribution in [0.4, 0.5) is 5.13 Å². The lowest BCUT2D eigenvalue weighted by Crippen LogP contribution is -2.33. The Morgan fingerprint density at radius 1 is 1.65 bits per heavy atom. The van der Waals surface area contributed by atoms with Gasteiger partial charge in [-0.15, -0.1) is 11.3 Å². The standard InChI is InChI=1S/C12H19N3OS/c1-12(2,13)6-5-10(16)15-11-14-9(7-17-11)8-3-4-8/h7-8H,3-6,13H2,1-2H3,(H,14,15,16). The number of nitrogens with one attached hydrogen (secondary N) is 1. The summed E-state index contributed by atoms with van der Waals surface area (Å²) in [6.07, 6.45) is 3.60. The van der Waals surface area contributed by atoms with E-state index in [-0.39, 0.29) is 11.4 Å². The number of aromatic nitrogens is 1. The van der Waals surface area contributed by atoms with Crippen molar-refractivity contribution in [2.75, 3.05) is 5.32 Å². The Labute approximate surface area is 106 Å². The maximum absolute atomic E-state index is 11.7. The van der Waals surface area contributed by atoms with Gasteiger partial charge in [0, 0.05) is 23.3 Å². The van der Waals surface area contributed by atoms with Crippen molar-refractivity contribution in [3.63, 3.8) is 0 Å². The summed E-state index contributed by atoms with van der Waals surface area (Å²) in [6, 6.07) is 0. The largest absolute Gasteiger partial charge is 0.326 e. The average Bonchev–Trinajstić information content (AvgIpc) is 2.97. The summed E-state index contributed by atoms with van der Waals surface area (Å²) >= 11 is 1.51. The van der Waals surface area contributed by atoms with Gasteiger partial charge in [-0.1, -0.05) is 0 Å². The van der Waals surface area contributed by atoms with Crippen LogP contribution in [0.5, 0.6) is 0 Å². The molecule has 1 aliphatic rings. The number of nitrogens with zero attached hydrogens (tertiary/aromatic N) is 1. The number of carbonyl (C=O) groups is 1. The number of amides is 1. The number of hydrogen-bond acceptors (Lipinski definition) is 4. The van der Waals surface area contributed by atoms with E-state index in [1.807, 2.05) is 19.2 Å². The molecule has 0 radical (unpaired) electrons. The van der Waals surface area contributed by atoms with Crippen LogP contribution in [0.3, 0.4) is 0 Å². The predicted molar refractivity (Wildman–Crippen MR) is 70.2 cm³/mol. The zero-order valence-corrected chi connectivity index (χ0v) is 11.1. The lowest BCUT2D eigenvalue weighted by molar-refractivity contribution is -0.116. The minimum atomic E-state index is -0.292. The molecule has 0 unspecified atom stereocenters. The van der Waals surface area contributed by atoms with Crippen molar-refractivity contribution in [1.82, 2.24) is 4.98 Å². The fourth-order valence-corrected chi connectivity index (χ4v) is 2.34. The maximum Gasteiger partial charge on any atom is 0.226 e. The van der Waals surface area contributed by atoms with Crippen molar-refractivity contribution in [3.8, 4) is 0 Å². The number of nitrogens with two attached hydrogens (primary N) is 1. The first-order valence-corrected chi connectivity index (χ1v) is 6.86. The van der Waals surface area contributed by atoms with E-state index in [0.29, 0.717) is 23.9 Å².